The molecule has 0 fully saturated rings. The molecule has 1 unspecified atom stereocenters. The van der Waals surface area contributed by atoms with E-state index in [0.717, 1.165) is 21.4 Å². The van der Waals surface area contributed by atoms with Crippen molar-refractivity contribution in [3.8, 4) is 11.1 Å². The van der Waals surface area contributed by atoms with Gasteiger partial charge in [-0.2, -0.15) is 0 Å². The van der Waals surface area contributed by atoms with Crippen LogP contribution in [0.25, 0.3) is 21.3 Å². The van der Waals surface area contributed by atoms with Gasteiger partial charge in [0, 0.05) is 6.42 Å². The monoisotopic (exact) mass is 478 g/mol. The summed E-state index contributed by atoms with van der Waals surface area (Å²) in [7, 11) is 0. The Hall–Kier alpha value is -3.62. The van der Waals surface area contributed by atoms with Gasteiger partial charge < -0.3 is 9.73 Å². The van der Waals surface area contributed by atoms with Crippen LogP contribution in [0.15, 0.2) is 77.2 Å². The molecule has 2 aromatic heterocycles. The van der Waals surface area contributed by atoms with Gasteiger partial charge in [0.15, 0.2) is 5.01 Å². The molecule has 0 amide bonds. The molecule has 5 aromatic rings. The quantitative estimate of drug-likeness (QED) is 0.177. The first-order valence-electron chi connectivity index (χ1n) is 10.0. The summed E-state index contributed by atoms with van der Waals surface area (Å²) >= 11 is 7.56. The van der Waals surface area contributed by atoms with Crippen LogP contribution in [0, 0.1) is 5.82 Å². The van der Waals surface area contributed by atoms with Crippen LogP contribution in [-0.2, 0) is 6.42 Å². The van der Waals surface area contributed by atoms with E-state index < -0.39 is 11.3 Å². The number of ketones is 1. The van der Waals surface area contributed by atoms with Crippen LogP contribution in [0.4, 0.5) is 10.4 Å². The Balaban J connectivity index is 1.31. The first-order valence-corrected chi connectivity index (χ1v) is 11.3. The van der Waals surface area contributed by atoms with E-state index >= 15 is 0 Å². The van der Waals surface area contributed by atoms with Crippen LogP contribution < -0.4 is 5.32 Å². The highest BCUT2D eigenvalue weighted by molar-refractivity contribution is 7.20. The van der Waals surface area contributed by atoms with Crippen molar-refractivity contribution in [3.63, 3.8) is 0 Å². The predicted octanol–water partition coefficient (Wildman–Crippen LogP) is 5.94. The zero-order valence-electron chi connectivity index (χ0n) is 17.0. The maximum atomic E-state index is 13.2. The highest BCUT2D eigenvalue weighted by Gasteiger charge is 2.22. The average Bonchev–Trinajstić information content (AvgIpc) is 3.46. The Morgan fingerprint density at radius 2 is 1.79 bits per heavy atom. The SMILES string of the molecule is O=C(c1nnc(NC(Cl)Cc2ccccc2)o1)c1nc2ccc(-c3ccc(F)cc3)cc2s1. The van der Waals surface area contributed by atoms with E-state index in [0.29, 0.717) is 11.9 Å². The number of benzene rings is 3. The molecule has 1 atom stereocenters. The Bertz CT molecular complexity index is 1420. The normalized spacial score (nSPS) is 12.1. The van der Waals surface area contributed by atoms with E-state index in [9.17, 15) is 9.18 Å². The Labute approximate surface area is 197 Å². The van der Waals surface area contributed by atoms with Crippen LogP contribution >= 0.6 is 22.9 Å². The van der Waals surface area contributed by atoms with E-state index in [2.05, 4.69) is 20.5 Å². The van der Waals surface area contributed by atoms with E-state index in [4.69, 9.17) is 16.0 Å². The van der Waals surface area contributed by atoms with Gasteiger partial charge in [-0.1, -0.05) is 65.2 Å². The molecule has 164 valence electrons. The zero-order chi connectivity index (χ0) is 22.8. The molecule has 0 aliphatic heterocycles. The Kier molecular flexibility index (Phi) is 5.85. The van der Waals surface area contributed by atoms with Gasteiger partial charge >= 0.3 is 6.01 Å². The van der Waals surface area contributed by atoms with Crippen LogP contribution in [0.1, 0.15) is 21.3 Å². The molecule has 9 heteroatoms. The van der Waals surface area contributed by atoms with Crippen LogP contribution in [0.3, 0.4) is 0 Å². The number of fused-ring (bicyclic) bond motifs is 1. The van der Waals surface area contributed by atoms with Crippen LogP contribution in [0.5, 0.6) is 0 Å². The third-order valence-electron chi connectivity index (χ3n) is 4.92. The van der Waals surface area contributed by atoms with Crippen LogP contribution in [0.2, 0.25) is 0 Å². The Morgan fingerprint density at radius 3 is 2.58 bits per heavy atom. The minimum Gasteiger partial charge on any atom is -0.400 e. The van der Waals surface area contributed by atoms with Crippen molar-refractivity contribution < 1.29 is 13.6 Å². The Morgan fingerprint density at radius 1 is 1.03 bits per heavy atom. The van der Waals surface area contributed by atoms with E-state index in [1.54, 1.807) is 12.1 Å². The number of rotatable bonds is 7. The molecule has 0 saturated heterocycles. The lowest BCUT2D eigenvalue weighted by Gasteiger charge is -2.09. The van der Waals surface area contributed by atoms with Gasteiger partial charge in [-0.15, -0.1) is 16.4 Å². The molecule has 33 heavy (non-hydrogen) atoms. The van der Waals surface area contributed by atoms with Gasteiger partial charge in [0.1, 0.15) is 11.3 Å². The van der Waals surface area contributed by atoms with Crippen molar-refractivity contribution >= 4 is 45.0 Å². The lowest BCUT2D eigenvalue weighted by atomic mass is 10.1. The molecule has 0 radical (unpaired) electrons. The number of hydrogen-bond acceptors (Lipinski definition) is 7. The molecule has 0 spiro atoms. The fraction of sp³-hybridized carbons (Fsp3) is 0.0833. The summed E-state index contributed by atoms with van der Waals surface area (Å²) in [6.07, 6.45) is 0.544. The molecule has 0 saturated carbocycles. The summed E-state index contributed by atoms with van der Waals surface area (Å²) < 4.78 is 19.5. The number of nitrogens with one attached hydrogen (secondary N) is 1. The minimum atomic E-state index is -0.483. The third kappa shape index (κ3) is 4.76. The van der Waals surface area contributed by atoms with Crippen molar-refractivity contribution in [2.75, 3.05) is 5.32 Å². The summed E-state index contributed by atoms with van der Waals surface area (Å²) in [6.45, 7) is 0. The number of nitrogens with zero attached hydrogens (tertiary/aromatic N) is 3. The van der Waals surface area contributed by atoms with Crippen molar-refractivity contribution in [2.24, 2.45) is 0 Å². The molecular weight excluding hydrogens is 463 g/mol. The van der Waals surface area contributed by atoms with Gasteiger partial charge in [-0.05, 0) is 41.0 Å². The number of alkyl halides is 1. The second kappa shape index (κ2) is 9.09. The number of carbonyl (C=O) groups excluding carboxylic acids is 1. The van der Waals surface area contributed by atoms with Gasteiger partial charge in [-0.25, -0.2) is 9.37 Å². The smallest absolute Gasteiger partial charge is 0.317 e. The summed E-state index contributed by atoms with van der Waals surface area (Å²) in [5.74, 6) is -0.923. The number of halogens is 2. The maximum Gasteiger partial charge on any atom is 0.317 e. The molecule has 0 bridgehead atoms. The highest BCUT2D eigenvalue weighted by Crippen LogP contribution is 2.29. The maximum absolute atomic E-state index is 13.2. The number of carbonyl (C=O) groups is 1. The van der Waals surface area contributed by atoms with Crippen molar-refractivity contribution in [1.29, 1.82) is 0 Å². The largest absolute Gasteiger partial charge is 0.400 e. The number of hydrogen-bond donors (Lipinski definition) is 1. The molecule has 0 aliphatic carbocycles. The van der Waals surface area contributed by atoms with Crippen molar-refractivity contribution in [2.45, 2.75) is 11.9 Å². The van der Waals surface area contributed by atoms with E-state index in [-0.39, 0.29) is 22.7 Å². The topological polar surface area (TPSA) is 80.9 Å². The molecular formula is C24H16ClFN4O2S. The fourth-order valence-corrected chi connectivity index (χ4v) is 4.52. The van der Waals surface area contributed by atoms with Crippen LogP contribution in [-0.4, -0.2) is 26.5 Å². The second-order valence-corrected chi connectivity index (χ2v) is 8.81. The molecule has 2 heterocycles. The van der Waals surface area contributed by atoms with Crippen molar-refractivity contribution in [3.05, 3.63) is 95.1 Å². The lowest BCUT2D eigenvalue weighted by Crippen LogP contribution is -2.15. The number of thiazole rings is 1. The average molecular weight is 479 g/mol. The van der Waals surface area contributed by atoms with E-state index in [1.807, 2.05) is 48.5 Å². The number of aromatic nitrogens is 3. The molecule has 0 aliphatic rings. The lowest BCUT2D eigenvalue weighted by molar-refractivity contribution is 0.100. The third-order valence-corrected chi connectivity index (χ3v) is 6.20. The fourth-order valence-electron chi connectivity index (χ4n) is 3.31. The van der Waals surface area contributed by atoms with E-state index in [1.165, 1.54) is 23.5 Å². The standard InChI is InChI=1S/C24H16ClFN4O2S/c25-20(12-14-4-2-1-3-5-14)28-24-30-29-22(32-24)21(31)23-27-18-11-8-16(13-19(18)33-23)15-6-9-17(26)10-7-15/h1-11,13,20H,12H2,(H,28,30). The summed E-state index contributed by atoms with van der Waals surface area (Å²) in [6, 6.07) is 21.7. The first-order chi connectivity index (χ1) is 16.0. The summed E-state index contributed by atoms with van der Waals surface area (Å²) in [5.41, 5.74) is 3.02. The first kappa shape index (κ1) is 21.2. The summed E-state index contributed by atoms with van der Waals surface area (Å²) in [4.78, 5) is 17.2. The molecule has 3 aromatic carbocycles. The van der Waals surface area contributed by atoms with Gasteiger partial charge in [-0.3, -0.25) is 4.79 Å². The van der Waals surface area contributed by atoms with Crippen molar-refractivity contribution in [1.82, 2.24) is 15.2 Å². The molecule has 1 N–H and O–H groups in total. The number of anilines is 1. The minimum absolute atomic E-state index is 0.0639. The molecule has 6 nitrogen and oxygen atoms in total. The zero-order valence-corrected chi connectivity index (χ0v) is 18.6. The highest BCUT2D eigenvalue weighted by atomic mass is 35.5. The second-order valence-electron chi connectivity index (χ2n) is 7.25. The molecule has 5 rings (SSSR count). The van der Waals surface area contributed by atoms with Gasteiger partial charge in [0.05, 0.1) is 10.2 Å². The summed E-state index contributed by atoms with van der Waals surface area (Å²) in [5, 5.41) is 10.9. The van der Waals surface area contributed by atoms with Gasteiger partial charge in [0.25, 0.3) is 11.7 Å². The predicted molar refractivity (Wildman–Crippen MR) is 126 cm³/mol. The van der Waals surface area contributed by atoms with Gasteiger partial charge in [0.2, 0.25) is 0 Å².